The van der Waals surface area contributed by atoms with Crippen molar-refractivity contribution in [3.8, 4) is 5.75 Å². The smallest absolute Gasteiger partial charge is 0.119 e. The maximum atomic E-state index is 8.66. The van der Waals surface area contributed by atoms with E-state index in [1.807, 2.05) is 25.2 Å². The predicted octanol–water partition coefficient (Wildman–Crippen LogP) is 1.73. The van der Waals surface area contributed by atoms with E-state index in [0.29, 0.717) is 12.6 Å². The van der Waals surface area contributed by atoms with Gasteiger partial charge in [-0.2, -0.15) is 0 Å². The predicted molar refractivity (Wildman–Crippen MR) is 61.1 cm³/mol. The van der Waals surface area contributed by atoms with E-state index in [0.717, 1.165) is 12.2 Å². The molecule has 0 heterocycles. The maximum Gasteiger partial charge on any atom is 0.119 e. The highest BCUT2D eigenvalue weighted by Crippen LogP contribution is 2.21. The van der Waals surface area contributed by atoms with Gasteiger partial charge in [-0.3, -0.25) is 0 Å². The fourth-order valence-electron chi connectivity index (χ4n) is 1.59. The largest absolute Gasteiger partial charge is 0.491 e. The summed E-state index contributed by atoms with van der Waals surface area (Å²) in [6.45, 7) is 2.54. The molecule has 0 spiro atoms. The summed E-state index contributed by atoms with van der Waals surface area (Å²) in [5, 5.41) is 11.9. The average Bonchev–Trinajstić information content (AvgIpc) is 2.29. The van der Waals surface area contributed by atoms with Gasteiger partial charge in [0, 0.05) is 6.04 Å². The van der Waals surface area contributed by atoms with Gasteiger partial charge in [0.1, 0.15) is 12.4 Å². The lowest BCUT2D eigenvalue weighted by Crippen LogP contribution is -2.15. The first-order chi connectivity index (χ1) is 7.31. The van der Waals surface area contributed by atoms with Crippen molar-refractivity contribution in [1.82, 2.24) is 5.32 Å². The topological polar surface area (TPSA) is 41.5 Å². The number of ether oxygens (including phenoxy) is 1. The van der Waals surface area contributed by atoms with Gasteiger partial charge in [-0.1, -0.05) is 19.1 Å². The van der Waals surface area contributed by atoms with Gasteiger partial charge in [0.05, 0.1) is 6.61 Å². The van der Waals surface area contributed by atoms with Gasteiger partial charge in [-0.15, -0.1) is 0 Å². The van der Waals surface area contributed by atoms with Gasteiger partial charge < -0.3 is 15.2 Å². The summed E-state index contributed by atoms with van der Waals surface area (Å²) >= 11 is 0. The van der Waals surface area contributed by atoms with Crippen LogP contribution in [0.5, 0.6) is 5.75 Å². The molecule has 0 fully saturated rings. The van der Waals surface area contributed by atoms with Crippen molar-refractivity contribution in [1.29, 1.82) is 0 Å². The van der Waals surface area contributed by atoms with Gasteiger partial charge in [-0.05, 0) is 31.2 Å². The van der Waals surface area contributed by atoms with Crippen LogP contribution in [0.1, 0.15) is 24.9 Å². The maximum absolute atomic E-state index is 8.66. The van der Waals surface area contributed by atoms with Crippen LogP contribution < -0.4 is 10.1 Å². The molecule has 3 nitrogen and oxygen atoms in total. The molecule has 0 radical (unpaired) electrons. The summed E-state index contributed by atoms with van der Waals surface area (Å²) in [7, 11) is 1.95. The van der Waals surface area contributed by atoms with E-state index in [9.17, 15) is 0 Å². The van der Waals surface area contributed by atoms with Gasteiger partial charge >= 0.3 is 0 Å². The second kappa shape index (κ2) is 6.43. The number of nitrogens with one attached hydrogen (secondary N) is 1. The third-order valence-electron chi connectivity index (χ3n) is 2.38. The zero-order valence-electron chi connectivity index (χ0n) is 9.36. The van der Waals surface area contributed by atoms with E-state index in [-0.39, 0.29) is 6.61 Å². The molecule has 0 amide bonds. The fourth-order valence-corrected chi connectivity index (χ4v) is 1.59. The molecule has 15 heavy (non-hydrogen) atoms. The van der Waals surface area contributed by atoms with E-state index in [1.165, 1.54) is 5.56 Å². The van der Waals surface area contributed by atoms with Crippen molar-refractivity contribution in [2.45, 2.75) is 19.4 Å². The first kappa shape index (κ1) is 12.0. The van der Waals surface area contributed by atoms with Crippen molar-refractivity contribution in [2.24, 2.45) is 0 Å². The summed E-state index contributed by atoms with van der Waals surface area (Å²) < 4.78 is 5.36. The standard InChI is InChI=1S/C12H19NO2/c1-3-12(13-2)10-5-4-6-11(9-10)15-8-7-14/h4-6,9,12-14H,3,7-8H2,1-2H3. The number of aliphatic hydroxyl groups is 1. The normalized spacial score (nSPS) is 12.5. The minimum absolute atomic E-state index is 0.0491. The van der Waals surface area contributed by atoms with Crippen LogP contribution in [-0.4, -0.2) is 25.4 Å². The number of aliphatic hydroxyl groups excluding tert-OH is 1. The minimum Gasteiger partial charge on any atom is -0.491 e. The van der Waals surface area contributed by atoms with Crippen LogP contribution in [0.15, 0.2) is 24.3 Å². The molecule has 1 atom stereocenters. The molecule has 1 rings (SSSR count). The molecule has 1 unspecified atom stereocenters. The van der Waals surface area contributed by atoms with Crippen LogP contribution in [0.3, 0.4) is 0 Å². The number of hydrogen-bond donors (Lipinski definition) is 2. The molecule has 0 aliphatic rings. The lowest BCUT2D eigenvalue weighted by atomic mass is 10.0. The van der Waals surface area contributed by atoms with Crippen LogP contribution in [0.25, 0.3) is 0 Å². The second-order valence-electron chi connectivity index (χ2n) is 3.39. The van der Waals surface area contributed by atoms with Crippen molar-refractivity contribution in [3.05, 3.63) is 29.8 Å². The molecule has 0 aliphatic heterocycles. The third-order valence-corrected chi connectivity index (χ3v) is 2.38. The molecule has 84 valence electrons. The first-order valence-corrected chi connectivity index (χ1v) is 5.32. The summed E-state index contributed by atoms with van der Waals surface area (Å²) in [4.78, 5) is 0. The average molecular weight is 209 g/mol. The number of hydrogen-bond acceptors (Lipinski definition) is 3. The Morgan fingerprint density at radius 2 is 2.27 bits per heavy atom. The molecular formula is C12H19NO2. The summed E-state index contributed by atoms with van der Waals surface area (Å²) in [6, 6.07) is 8.34. The molecule has 0 saturated heterocycles. The fraction of sp³-hybridized carbons (Fsp3) is 0.500. The first-order valence-electron chi connectivity index (χ1n) is 5.32. The monoisotopic (exact) mass is 209 g/mol. The van der Waals surface area contributed by atoms with Crippen LogP contribution in [0, 0.1) is 0 Å². The van der Waals surface area contributed by atoms with Crippen LogP contribution in [0.4, 0.5) is 0 Å². The summed E-state index contributed by atoms with van der Waals surface area (Å²) in [6.07, 6.45) is 1.04. The zero-order valence-corrected chi connectivity index (χ0v) is 9.36. The van der Waals surface area contributed by atoms with E-state index in [1.54, 1.807) is 0 Å². The highest BCUT2D eigenvalue weighted by molar-refractivity contribution is 5.30. The highest BCUT2D eigenvalue weighted by Gasteiger charge is 2.06. The number of rotatable bonds is 6. The summed E-state index contributed by atoms with van der Waals surface area (Å²) in [5.74, 6) is 0.815. The Morgan fingerprint density at radius 3 is 2.87 bits per heavy atom. The van der Waals surface area contributed by atoms with Crippen molar-refractivity contribution < 1.29 is 9.84 Å². The van der Waals surface area contributed by atoms with Gasteiger partial charge in [0.15, 0.2) is 0 Å². The van der Waals surface area contributed by atoms with E-state index >= 15 is 0 Å². The molecular weight excluding hydrogens is 190 g/mol. The highest BCUT2D eigenvalue weighted by atomic mass is 16.5. The Kier molecular flexibility index (Phi) is 5.15. The minimum atomic E-state index is 0.0491. The Bertz CT molecular complexity index is 285. The SMILES string of the molecule is CCC(NC)c1cccc(OCCO)c1. The quantitative estimate of drug-likeness (QED) is 0.749. The second-order valence-corrected chi connectivity index (χ2v) is 3.39. The number of benzene rings is 1. The van der Waals surface area contributed by atoms with Crippen LogP contribution in [-0.2, 0) is 0 Å². The molecule has 0 aliphatic carbocycles. The van der Waals surface area contributed by atoms with E-state index in [2.05, 4.69) is 18.3 Å². The Morgan fingerprint density at radius 1 is 1.47 bits per heavy atom. The Hall–Kier alpha value is -1.06. The molecule has 1 aromatic rings. The van der Waals surface area contributed by atoms with Gasteiger partial charge in [0.2, 0.25) is 0 Å². The van der Waals surface area contributed by atoms with Crippen molar-refractivity contribution in [2.75, 3.05) is 20.3 Å². The Balaban J connectivity index is 2.72. The zero-order chi connectivity index (χ0) is 11.1. The van der Waals surface area contributed by atoms with E-state index in [4.69, 9.17) is 9.84 Å². The van der Waals surface area contributed by atoms with E-state index < -0.39 is 0 Å². The molecule has 1 aromatic carbocycles. The lowest BCUT2D eigenvalue weighted by Gasteiger charge is -2.15. The van der Waals surface area contributed by atoms with Crippen molar-refractivity contribution in [3.63, 3.8) is 0 Å². The Labute approximate surface area is 91.1 Å². The van der Waals surface area contributed by atoms with Gasteiger partial charge in [0.25, 0.3) is 0 Å². The third kappa shape index (κ3) is 3.53. The van der Waals surface area contributed by atoms with Gasteiger partial charge in [-0.25, -0.2) is 0 Å². The van der Waals surface area contributed by atoms with Crippen LogP contribution in [0.2, 0.25) is 0 Å². The summed E-state index contributed by atoms with van der Waals surface area (Å²) in [5.41, 5.74) is 1.22. The molecule has 0 bridgehead atoms. The molecule has 0 aromatic heterocycles. The molecule has 3 heteroatoms. The molecule has 2 N–H and O–H groups in total. The molecule has 0 saturated carbocycles. The van der Waals surface area contributed by atoms with Crippen molar-refractivity contribution >= 4 is 0 Å². The van der Waals surface area contributed by atoms with Crippen LogP contribution >= 0.6 is 0 Å². The lowest BCUT2D eigenvalue weighted by molar-refractivity contribution is 0.201.